The SMILES string of the molecule is COc1cc(C(=O)NC2CC(C)(C)NC(C)(C)C2)ccc1COc1cccc(Br)c1. The van der Waals surface area contributed by atoms with Gasteiger partial charge in [0, 0.05) is 32.7 Å². The molecule has 1 amide bonds. The average molecular weight is 475 g/mol. The van der Waals surface area contributed by atoms with E-state index in [-0.39, 0.29) is 23.0 Å². The number of amides is 1. The third-order valence-electron chi connectivity index (χ3n) is 5.27. The molecule has 162 valence electrons. The molecule has 0 spiro atoms. The Morgan fingerprint density at radius 3 is 2.47 bits per heavy atom. The Kier molecular flexibility index (Phi) is 6.78. The Morgan fingerprint density at radius 1 is 1.13 bits per heavy atom. The molecule has 1 heterocycles. The molecule has 5 nitrogen and oxygen atoms in total. The molecule has 6 heteroatoms. The minimum atomic E-state index is -0.0775. The number of hydrogen-bond acceptors (Lipinski definition) is 4. The third kappa shape index (κ3) is 5.99. The number of piperidine rings is 1. The molecular weight excluding hydrogens is 444 g/mol. The molecule has 1 fully saturated rings. The van der Waals surface area contributed by atoms with Crippen LogP contribution in [0.25, 0.3) is 0 Å². The Bertz CT molecular complexity index is 895. The minimum absolute atomic E-state index is 0.0228. The van der Waals surface area contributed by atoms with Crippen LogP contribution in [0.4, 0.5) is 0 Å². The van der Waals surface area contributed by atoms with Crippen LogP contribution >= 0.6 is 15.9 Å². The van der Waals surface area contributed by atoms with Crippen molar-refractivity contribution in [1.29, 1.82) is 0 Å². The van der Waals surface area contributed by atoms with E-state index >= 15 is 0 Å². The molecule has 0 bridgehead atoms. The van der Waals surface area contributed by atoms with E-state index in [1.165, 1.54) is 0 Å². The molecule has 0 aliphatic carbocycles. The van der Waals surface area contributed by atoms with Crippen molar-refractivity contribution in [3.63, 3.8) is 0 Å². The number of carbonyl (C=O) groups is 1. The van der Waals surface area contributed by atoms with E-state index < -0.39 is 0 Å². The molecule has 2 aromatic carbocycles. The van der Waals surface area contributed by atoms with Gasteiger partial charge in [0.25, 0.3) is 5.91 Å². The molecule has 2 aromatic rings. The van der Waals surface area contributed by atoms with E-state index in [0.717, 1.165) is 28.6 Å². The fraction of sp³-hybridized carbons (Fsp3) is 0.458. The molecule has 2 N–H and O–H groups in total. The van der Waals surface area contributed by atoms with Crippen molar-refractivity contribution < 1.29 is 14.3 Å². The predicted octanol–water partition coefficient (Wildman–Crippen LogP) is 5.08. The highest BCUT2D eigenvalue weighted by molar-refractivity contribution is 9.10. The van der Waals surface area contributed by atoms with Gasteiger partial charge in [0.05, 0.1) is 7.11 Å². The Morgan fingerprint density at radius 2 is 1.83 bits per heavy atom. The highest BCUT2D eigenvalue weighted by Crippen LogP contribution is 2.29. The van der Waals surface area contributed by atoms with E-state index in [0.29, 0.717) is 17.9 Å². The van der Waals surface area contributed by atoms with Gasteiger partial charge in [0.2, 0.25) is 0 Å². The predicted molar refractivity (Wildman–Crippen MR) is 123 cm³/mol. The van der Waals surface area contributed by atoms with Crippen LogP contribution in [0.2, 0.25) is 0 Å². The van der Waals surface area contributed by atoms with Crippen molar-refractivity contribution >= 4 is 21.8 Å². The molecule has 3 rings (SSSR count). The molecule has 0 saturated carbocycles. The summed E-state index contributed by atoms with van der Waals surface area (Å²) < 4.78 is 12.4. The number of benzene rings is 2. The summed E-state index contributed by atoms with van der Waals surface area (Å²) in [5.41, 5.74) is 1.43. The first kappa shape index (κ1) is 22.6. The van der Waals surface area contributed by atoms with Crippen LogP contribution in [-0.2, 0) is 6.61 Å². The summed E-state index contributed by atoms with van der Waals surface area (Å²) in [5, 5.41) is 6.85. The minimum Gasteiger partial charge on any atom is -0.496 e. The zero-order valence-corrected chi connectivity index (χ0v) is 19.9. The lowest BCUT2D eigenvalue weighted by Gasteiger charge is -2.46. The maximum Gasteiger partial charge on any atom is 0.251 e. The van der Waals surface area contributed by atoms with Gasteiger partial charge in [-0.3, -0.25) is 4.79 Å². The number of nitrogens with one attached hydrogen (secondary N) is 2. The van der Waals surface area contributed by atoms with Gasteiger partial charge < -0.3 is 20.1 Å². The van der Waals surface area contributed by atoms with Crippen LogP contribution in [0.5, 0.6) is 11.5 Å². The smallest absolute Gasteiger partial charge is 0.251 e. The van der Waals surface area contributed by atoms with Crippen molar-refractivity contribution in [2.75, 3.05) is 7.11 Å². The highest BCUT2D eigenvalue weighted by atomic mass is 79.9. The molecule has 1 aliphatic heterocycles. The van der Waals surface area contributed by atoms with Crippen molar-refractivity contribution in [2.24, 2.45) is 0 Å². The monoisotopic (exact) mass is 474 g/mol. The lowest BCUT2D eigenvalue weighted by atomic mass is 9.79. The zero-order valence-electron chi connectivity index (χ0n) is 18.3. The van der Waals surface area contributed by atoms with E-state index in [2.05, 4.69) is 54.3 Å². The summed E-state index contributed by atoms with van der Waals surface area (Å²) in [6.07, 6.45) is 1.77. The second-order valence-electron chi connectivity index (χ2n) is 9.24. The second-order valence-corrected chi connectivity index (χ2v) is 10.2. The van der Waals surface area contributed by atoms with E-state index in [1.807, 2.05) is 36.4 Å². The quantitative estimate of drug-likeness (QED) is 0.612. The number of ether oxygens (including phenoxy) is 2. The Balaban J connectivity index is 1.68. The van der Waals surface area contributed by atoms with E-state index in [1.54, 1.807) is 13.2 Å². The number of rotatable bonds is 6. The summed E-state index contributed by atoms with van der Waals surface area (Å²) in [6, 6.07) is 13.3. The lowest BCUT2D eigenvalue weighted by Crippen LogP contribution is -2.62. The van der Waals surface area contributed by atoms with Gasteiger partial charge >= 0.3 is 0 Å². The number of methoxy groups -OCH3 is 1. The normalized spacial score (nSPS) is 17.9. The topological polar surface area (TPSA) is 59.6 Å². The van der Waals surface area contributed by atoms with E-state index in [4.69, 9.17) is 9.47 Å². The zero-order chi connectivity index (χ0) is 21.9. The molecular formula is C24H31BrN2O3. The summed E-state index contributed by atoms with van der Waals surface area (Å²) in [7, 11) is 1.61. The van der Waals surface area contributed by atoms with Crippen molar-refractivity contribution in [3.8, 4) is 11.5 Å². The maximum absolute atomic E-state index is 12.9. The first-order valence-corrected chi connectivity index (χ1v) is 11.0. The van der Waals surface area contributed by atoms with Gasteiger partial charge in [0.15, 0.2) is 0 Å². The van der Waals surface area contributed by atoms with Crippen LogP contribution in [0.1, 0.15) is 56.5 Å². The van der Waals surface area contributed by atoms with Crippen LogP contribution in [0.15, 0.2) is 46.9 Å². The Hall–Kier alpha value is -2.05. The van der Waals surface area contributed by atoms with Gasteiger partial charge in [-0.2, -0.15) is 0 Å². The maximum atomic E-state index is 12.9. The molecule has 1 aliphatic rings. The second kappa shape index (κ2) is 8.98. The van der Waals surface area contributed by atoms with Crippen LogP contribution in [0, 0.1) is 0 Å². The van der Waals surface area contributed by atoms with Gasteiger partial charge in [-0.05, 0) is 70.9 Å². The lowest BCUT2D eigenvalue weighted by molar-refractivity contribution is 0.0872. The van der Waals surface area contributed by atoms with E-state index in [9.17, 15) is 4.79 Å². The number of carbonyl (C=O) groups excluding carboxylic acids is 1. The molecule has 0 unspecified atom stereocenters. The standard InChI is InChI=1S/C24H31BrN2O3/c1-23(2)13-19(14-24(3,4)27-23)26-22(28)16-9-10-17(21(11-16)29-5)15-30-20-8-6-7-18(25)12-20/h6-12,19,27H,13-15H2,1-5H3,(H,26,28). The first-order valence-electron chi connectivity index (χ1n) is 10.2. The van der Waals surface area contributed by atoms with Gasteiger partial charge in [-0.15, -0.1) is 0 Å². The molecule has 0 aromatic heterocycles. The first-order chi connectivity index (χ1) is 14.1. The summed E-state index contributed by atoms with van der Waals surface area (Å²) in [4.78, 5) is 12.9. The fourth-order valence-electron chi connectivity index (χ4n) is 4.42. The molecule has 30 heavy (non-hydrogen) atoms. The van der Waals surface area contributed by atoms with Gasteiger partial charge in [-0.25, -0.2) is 0 Å². The van der Waals surface area contributed by atoms with Crippen LogP contribution in [0.3, 0.4) is 0 Å². The largest absolute Gasteiger partial charge is 0.496 e. The van der Waals surface area contributed by atoms with Crippen LogP contribution < -0.4 is 20.1 Å². The number of halogens is 1. The highest BCUT2D eigenvalue weighted by Gasteiger charge is 2.38. The Labute approximate surface area is 187 Å². The summed E-state index contributed by atoms with van der Waals surface area (Å²) in [5.74, 6) is 1.33. The molecule has 0 radical (unpaired) electrons. The molecule has 1 saturated heterocycles. The third-order valence-corrected chi connectivity index (χ3v) is 5.76. The van der Waals surface area contributed by atoms with Gasteiger partial charge in [-0.1, -0.05) is 28.1 Å². The van der Waals surface area contributed by atoms with Crippen molar-refractivity contribution in [3.05, 3.63) is 58.1 Å². The number of hydrogen-bond donors (Lipinski definition) is 2. The molecule has 0 atom stereocenters. The average Bonchev–Trinajstić information content (AvgIpc) is 2.63. The van der Waals surface area contributed by atoms with Gasteiger partial charge in [0.1, 0.15) is 18.1 Å². The summed E-state index contributed by atoms with van der Waals surface area (Å²) in [6.45, 7) is 9.07. The van der Waals surface area contributed by atoms with Crippen molar-refractivity contribution in [2.45, 2.75) is 64.3 Å². The fourth-order valence-corrected chi connectivity index (χ4v) is 4.79. The summed E-state index contributed by atoms with van der Waals surface area (Å²) >= 11 is 3.44. The van der Waals surface area contributed by atoms with Crippen LogP contribution in [-0.4, -0.2) is 30.1 Å². The van der Waals surface area contributed by atoms with Crippen molar-refractivity contribution in [1.82, 2.24) is 10.6 Å².